The Morgan fingerprint density at radius 1 is 1.08 bits per heavy atom. The van der Waals surface area contributed by atoms with Crippen LogP contribution in [0.2, 0.25) is 0 Å². The molecule has 3 atom stereocenters. The van der Waals surface area contributed by atoms with E-state index >= 15 is 0 Å². The van der Waals surface area contributed by atoms with Gasteiger partial charge in [-0.05, 0) is 36.8 Å². The number of carbonyl (C=O) groups is 2. The quantitative estimate of drug-likeness (QED) is 0.619. The monoisotopic (exact) mass is 339 g/mol. The Morgan fingerprint density at radius 2 is 1.72 bits per heavy atom. The Morgan fingerprint density at radius 3 is 2.28 bits per heavy atom. The highest BCUT2D eigenvalue weighted by molar-refractivity contribution is 6.03. The van der Waals surface area contributed by atoms with Crippen LogP contribution in [0.4, 0.5) is 5.69 Å². The first kappa shape index (κ1) is 17.0. The molecule has 1 aliphatic heterocycles. The first-order valence-electron chi connectivity index (χ1n) is 8.22. The van der Waals surface area contributed by atoms with Gasteiger partial charge in [0.2, 0.25) is 5.91 Å². The largest absolute Gasteiger partial charge is 0.497 e. The van der Waals surface area contributed by atoms with Crippen LogP contribution >= 0.6 is 0 Å². The molecule has 0 saturated carbocycles. The summed E-state index contributed by atoms with van der Waals surface area (Å²) in [4.78, 5) is 25.9. The molecule has 0 radical (unpaired) electrons. The minimum absolute atomic E-state index is 0.0484. The fraction of sp³-hybridized carbons (Fsp3) is 0.300. The third-order valence-corrected chi connectivity index (χ3v) is 4.49. The van der Waals surface area contributed by atoms with Gasteiger partial charge >= 0.3 is 5.97 Å². The van der Waals surface area contributed by atoms with E-state index < -0.39 is 12.0 Å². The lowest BCUT2D eigenvalue weighted by molar-refractivity contribution is -0.154. The standard InChI is InChI=1S/C20H21NO4/c1-13(25-14(2)22)18-19(15-7-5-4-6-8-15)21(20(18)23)16-9-11-17(24-3)12-10-16/h4-13,18-19H,1-3H3/t13-,18+,19-/m0/s1. The molecule has 1 heterocycles. The van der Waals surface area contributed by atoms with Crippen LogP contribution in [0, 0.1) is 5.92 Å². The van der Waals surface area contributed by atoms with Crippen molar-refractivity contribution in [3.05, 3.63) is 60.2 Å². The molecule has 0 unspecified atom stereocenters. The van der Waals surface area contributed by atoms with Crippen LogP contribution in [-0.4, -0.2) is 25.1 Å². The number of carbonyl (C=O) groups excluding carboxylic acids is 2. The Bertz CT molecular complexity index is 757. The lowest BCUT2D eigenvalue weighted by Gasteiger charge is -2.49. The number of hydrogen-bond acceptors (Lipinski definition) is 4. The number of rotatable bonds is 5. The van der Waals surface area contributed by atoms with Gasteiger partial charge in [-0.25, -0.2) is 0 Å². The van der Waals surface area contributed by atoms with Gasteiger partial charge in [0.05, 0.1) is 13.2 Å². The van der Waals surface area contributed by atoms with Gasteiger partial charge in [-0.15, -0.1) is 0 Å². The second-order valence-electron chi connectivity index (χ2n) is 6.10. The van der Waals surface area contributed by atoms with Gasteiger partial charge in [-0.3, -0.25) is 9.59 Å². The van der Waals surface area contributed by atoms with E-state index in [2.05, 4.69) is 0 Å². The van der Waals surface area contributed by atoms with E-state index in [0.29, 0.717) is 0 Å². The van der Waals surface area contributed by atoms with Crippen LogP contribution in [0.25, 0.3) is 0 Å². The van der Waals surface area contributed by atoms with E-state index in [-0.39, 0.29) is 17.9 Å². The summed E-state index contributed by atoms with van der Waals surface area (Å²) in [6.45, 7) is 3.13. The predicted octanol–water partition coefficient (Wildman–Crippen LogP) is 3.35. The summed E-state index contributed by atoms with van der Waals surface area (Å²) in [5.74, 6) is -0.0889. The molecule has 0 bridgehead atoms. The van der Waals surface area contributed by atoms with E-state index in [0.717, 1.165) is 17.0 Å². The number of hydrogen-bond donors (Lipinski definition) is 0. The molecule has 2 aromatic rings. The fourth-order valence-corrected chi connectivity index (χ4v) is 3.34. The molecule has 1 saturated heterocycles. The number of ether oxygens (including phenoxy) is 2. The molecule has 5 heteroatoms. The molecule has 0 aromatic heterocycles. The van der Waals surface area contributed by atoms with Crippen molar-refractivity contribution in [2.24, 2.45) is 5.92 Å². The summed E-state index contributed by atoms with van der Waals surface area (Å²) in [5.41, 5.74) is 1.81. The lowest BCUT2D eigenvalue weighted by Crippen LogP contribution is -2.59. The number of anilines is 1. The number of nitrogens with zero attached hydrogens (tertiary/aromatic N) is 1. The van der Waals surface area contributed by atoms with Crippen molar-refractivity contribution in [3.8, 4) is 5.75 Å². The second-order valence-corrected chi connectivity index (χ2v) is 6.10. The minimum Gasteiger partial charge on any atom is -0.497 e. The summed E-state index contributed by atoms with van der Waals surface area (Å²) in [6.07, 6.45) is -0.482. The molecule has 5 nitrogen and oxygen atoms in total. The molecule has 0 aliphatic carbocycles. The van der Waals surface area contributed by atoms with Crippen molar-refractivity contribution in [2.45, 2.75) is 26.0 Å². The van der Waals surface area contributed by atoms with Gasteiger partial charge in [-0.1, -0.05) is 30.3 Å². The average Bonchev–Trinajstić information content (AvgIpc) is 2.60. The van der Waals surface area contributed by atoms with Crippen molar-refractivity contribution in [3.63, 3.8) is 0 Å². The fourth-order valence-electron chi connectivity index (χ4n) is 3.34. The Balaban J connectivity index is 1.94. The number of benzene rings is 2. The summed E-state index contributed by atoms with van der Waals surface area (Å²) in [5, 5.41) is 0. The van der Waals surface area contributed by atoms with Gasteiger partial charge in [0, 0.05) is 12.6 Å². The van der Waals surface area contributed by atoms with Crippen LogP contribution < -0.4 is 9.64 Å². The smallest absolute Gasteiger partial charge is 0.302 e. The average molecular weight is 339 g/mol. The number of amides is 1. The van der Waals surface area contributed by atoms with Crippen LogP contribution in [0.1, 0.15) is 25.5 Å². The molecule has 130 valence electrons. The lowest BCUT2D eigenvalue weighted by atomic mass is 9.78. The topological polar surface area (TPSA) is 55.8 Å². The van der Waals surface area contributed by atoms with Crippen LogP contribution in [0.3, 0.4) is 0 Å². The zero-order valence-electron chi connectivity index (χ0n) is 14.5. The van der Waals surface area contributed by atoms with E-state index in [9.17, 15) is 9.59 Å². The highest BCUT2D eigenvalue weighted by Gasteiger charge is 2.52. The van der Waals surface area contributed by atoms with Gasteiger partial charge < -0.3 is 14.4 Å². The molecule has 1 amide bonds. The van der Waals surface area contributed by atoms with Crippen molar-refractivity contribution in [1.82, 2.24) is 0 Å². The number of methoxy groups -OCH3 is 1. The normalized spacial score (nSPS) is 20.6. The second kappa shape index (κ2) is 6.97. The van der Waals surface area contributed by atoms with Gasteiger partial charge in [0.1, 0.15) is 17.8 Å². The van der Waals surface area contributed by atoms with Crippen molar-refractivity contribution < 1.29 is 19.1 Å². The number of esters is 1. The predicted molar refractivity (Wildman–Crippen MR) is 94.4 cm³/mol. The van der Waals surface area contributed by atoms with Gasteiger partial charge in [0.25, 0.3) is 0 Å². The molecule has 2 aromatic carbocycles. The van der Waals surface area contributed by atoms with E-state index in [1.165, 1.54) is 6.92 Å². The van der Waals surface area contributed by atoms with E-state index in [1.54, 1.807) is 18.9 Å². The Hall–Kier alpha value is -2.82. The number of β-lactam (4-membered cyclic amide) rings is 1. The van der Waals surface area contributed by atoms with Crippen molar-refractivity contribution >= 4 is 17.6 Å². The molecular weight excluding hydrogens is 318 g/mol. The first-order valence-corrected chi connectivity index (χ1v) is 8.22. The van der Waals surface area contributed by atoms with Gasteiger partial charge in [-0.2, -0.15) is 0 Å². The first-order chi connectivity index (χ1) is 12.0. The van der Waals surface area contributed by atoms with Gasteiger partial charge in [0.15, 0.2) is 0 Å². The molecule has 1 fully saturated rings. The van der Waals surface area contributed by atoms with Crippen LogP contribution in [0.5, 0.6) is 5.75 Å². The Labute approximate surface area is 147 Å². The highest BCUT2D eigenvalue weighted by Crippen LogP contribution is 2.45. The molecule has 0 N–H and O–H groups in total. The van der Waals surface area contributed by atoms with Crippen LogP contribution in [-0.2, 0) is 14.3 Å². The van der Waals surface area contributed by atoms with Crippen LogP contribution in [0.15, 0.2) is 54.6 Å². The molecule has 1 aliphatic rings. The summed E-state index contributed by atoms with van der Waals surface area (Å²) in [7, 11) is 1.60. The maximum atomic E-state index is 12.8. The summed E-state index contributed by atoms with van der Waals surface area (Å²) < 4.78 is 10.5. The zero-order valence-corrected chi connectivity index (χ0v) is 14.5. The summed E-state index contributed by atoms with van der Waals surface area (Å²) in [6, 6.07) is 17.0. The minimum atomic E-state index is -0.482. The SMILES string of the molecule is COc1ccc(N2C(=O)[C@H]([C@H](C)OC(C)=O)[C@@H]2c2ccccc2)cc1. The van der Waals surface area contributed by atoms with E-state index in [4.69, 9.17) is 9.47 Å². The zero-order chi connectivity index (χ0) is 18.0. The maximum Gasteiger partial charge on any atom is 0.302 e. The highest BCUT2D eigenvalue weighted by atomic mass is 16.5. The van der Waals surface area contributed by atoms with E-state index in [1.807, 2.05) is 54.6 Å². The maximum absolute atomic E-state index is 12.8. The van der Waals surface area contributed by atoms with Crippen molar-refractivity contribution in [1.29, 1.82) is 0 Å². The third kappa shape index (κ3) is 3.22. The molecular formula is C20H21NO4. The Kier molecular flexibility index (Phi) is 4.74. The molecule has 25 heavy (non-hydrogen) atoms. The molecule has 3 rings (SSSR count). The molecule has 0 spiro atoms. The van der Waals surface area contributed by atoms with Crippen molar-refractivity contribution in [2.75, 3.05) is 12.0 Å². The summed E-state index contributed by atoms with van der Waals surface area (Å²) >= 11 is 0. The third-order valence-electron chi connectivity index (χ3n) is 4.49.